The summed E-state index contributed by atoms with van der Waals surface area (Å²) in [5, 5.41) is 8.41. The first-order chi connectivity index (χ1) is 9.20. The molecule has 7 heteroatoms. The molecule has 0 saturated carbocycles. The van der Waals surface area contributed by atoms with E-state index in [-0.39, 0.29) is 5.56 Å². The van der Waals surface area contributed by atoms with E-state index >= 15 is 0 Å². The number of alkyl halides is 3. The summed E-state index contributed by atoms with van der Waals surface area (Å²) < 4.78 is 36.0. The van der Waals surface area contributed by atoms with Gasteiger partial charge in [0.15, 0.2) is 5.78 Å². The minimum absolute atomic E-state index is 0.0462. The Morgan fingerprint density at radius 2 is 1.65 bits per heavy atom. The van der Waals surface area contributed by atoms with Gasteiger partial charge in [0.2, 0.25) is 5.78 Å². The standard InChI is InChI=1S/C13H9F3O4/c14-13(15,16)11(18)7-10(17)9-4-1-8(2-5-9)3-6-12(19)20/h1-6H,7H2,(H,19,20). The second-order valence-electron chi connectivity index (χ2n) is 3.81. The first kappa shape index (κ1) is 15.6. The molecule has 0 amide bonds. The summed E-state index contributed by atoms with van der Waals surface area (Å²) in [6, 6.07) is 5.19. The zero-order valence-electron chi connectivity index (χ0n) is 9.98. The van der Waals surface area contributed by atoms with Crippen LogP contribution in [0.3, 0.4) is 0 Å². The van der Waals surface area contributed by atoms with Crippen LogP contribution >= 0.6 is 0 Å². The minimum Gasteiger partial charge on any atom is -0.478 e. The molecule has 1 aromatic carbocycles. The lowest BCUT2D eigenvalue weighted by molar-refractivity contribution is -0.170. The quantitative estimate of drug-likeness (QED) is 0.513. The zero-order chi connectivity index (χ0) is 15.3. The maximum absolute atomic E-state index is 12.0. The Labute approximate surface area is 111 Å². The number of carboxylic acids is 1. The predicted molar refractivity (Wildman–Crippen MR) is 63.1 cm³/mol. The second-order valence-corrected chi connectivity index (χ2v) is 3.81. The molecule has 0 fully saturated rings. The maximum Gasteiger partial charge on any atom is 0.450 e. The van der Waals surface area contributed by atoms with Gasteiger partial charge in [0.25, 0.3) is 0 Å². The van der Waals surface area contributed by atoms with E-state index in [2.05, 4.69) is 0 Å². The molecular formula is C13H9F3O4. The van der Waals surface area contributed by atoms with E-state index in [0.717, 1.165) is 6.08 Å². The number of hydrogen-bond donors (Lipinski definition) is 1. The molecule has 0 atom stereocenters. The lowest BCUT2D eigenvalue weighted by Gasteiger charge is -2.04. The Hall–Kier alpha value is -2.44. The summed E-state index contributed by atoms with van der Waals surface area (Å²) >= 11 is 0. The number of halogens is 3. The number of carbonyl (C=O) groups excluding carboxylic acids is 2. The Bertz CT molecular complexity index is 556. The minimum atomic E-state index is -5.03. The van der Waals surface area contributed by atoms with Gasteiger partial charge < -0.3 is 5.11 Å². The fraction of sp³-hybridized carbons (Fsp3) is 0.154. The molecule has 0 spiro atoms. The highest BCUT2D eigenvalue weighted by molar-refractivity contribution is 6.09. The van der Waals surface area contributed by atoms with Crippen LogP contribution in [0.15, 0.2) is 30.3 Å². The van der Waals surface area contributed by atoms with Gasteiger partial charge in [-0.05, 0) is 11.6 Å². The molecule has 0 aliphatic rings. The molecule has 106 valence electrons. The average molecular weight is 286 g/mol. The number of ketones is 2. The van der Waals surface area contributed by atoms with Crippen molar-refractivity contribution in [2.24, 2.45) is 0 Å². The highest BCUT2D eigenvalue weighted by atomic mass is 19.4. The van der Waals surface area contributed by atoms with E-state index < -0.39 is 30.1 Å². The van der Waals surface area contributed by atoms with Crippen LogP contribution < -0.4 is 0 Å². The van der Waals surface area contributed by atoms with Gasteiger partial charge in [-0.15, -0.1) is 0 Å². The fourth-order valence-corrected chi connectivity index (χ4v) is 1.30. The third-order valence-corrected chi connectivity index (χ3v) is 2.29. The van der Waals surface area contributed by atoms with Crippen LogP contribution in [0.4, 0.5) is 13.2 Å². The Balaban J connectivity index is 2.76. The summed E-state index contributed by atoms with van der Waals surface area (Å²) in [4.78, 5) is 32.4. The molecule has 0 heterocycles. The zero-order valence-corrected chi connectivity index (χ0v) is 9.98. The molecule has 4 nitrogen and oxygen atoms in total. The number of carboxylic acid groups (broad SMARTS) is 1. The molecule has 0 radical (unpaired) electrons. The van der Waals surface area contributed by atoms with Crippen LogP contribution in [-0.2, 0) is 9.59 Å². The van der Waals surface area contributed by atoms with Gasteiger partial charge in [0.1, 0.15) is 0 Å². The largest absolute Gasteiger partial charge is 0.478 e. The summed E-state index contributed by atoms with van der Waals surface area (Å²) in [7, 11) is 0. The van der Waals surface area contributed by atoms with Crippen LogP contribution in [0.2, 0.25) is 0 Å². The van der Waals surface area contributed by atoms with E-state index in [9.17, 15) is 27.6 Å². The van der Waals surface area contributed by atoms with Crippen molar-refractivity contribution in [1.29, 1.82) is 0 Å². The summed E-state index contributed by atoms with van der Waals surface area (Å²) in [5.74, 6) is -4.20. The van der Waals surface area contributed by atoms with Crippen molar-refractivity contribution in [1.82, 2.24) is 0 Å². The first-order valence-corrected chi connectivity index (χ1v) is 5.34. The van der Waals surface area contributed by atoms with Crippen molar-refractivity contribution in [3.63, 3.8) is 0 Å². The monoisotopic (exact) mass is 286 g/mol. The molecule has 1 N–H and O–H groups in total. The summed E-state index contributed by atoms with van der Waals surface area (Å²) in [5.41, 5.74) is 0.418. The number of benzene rings is 1. The number of Topliss-reactive ketones (excluding diaryl/α,β-unsaturated/α-hetero) is 2. The van der Waals surface area contributed by atoms with Gasteiger partial charge in [0.05, 0.1) is 6.42 Å². The topological polar surface area (TPSA) is 71.4 Å². The fourth-order valence-electron chi connectivity index (χ4n) is 1.30. The maximum atomic E-state index is 12.0. The van der Waals surface area contributed by atoms with Crippen molar-refractivity contribution in [3.8, 4) is 0 Å². The lowest BCUT2D eigenvalue weighted by Crippen LogP contribution is -2.25. The van der Waals surface area contributed by atoms with E-state index in [1.54, 1.807) is 0 Å². The lowest BCUT2D eigenvalue weighted by atomic mass is 10.0. The Morgan fingerprint density at radius 1 is 1.10 bits per heavy atom. The highest BCUT2D eigenvalue weighted by Crippen LogP contribution is 2.19. The molecule has 1 rings (SSSR count). The van der Waals surface area contributed by atoms with Gasteiger partial charge in [0, 0.05) is 11.6 Å². The van der Waals surface area contributed by atoms with E-state index in [0.29, 0.717) is 5.56 Å². The molecule has 0 unspecified atom stereocenters. The van der Waals surface area contributed by atoms with Gasteiger partial charge in [-0.25, -0.2) is 4.79 Å². The van der Waals surface area contributed by atoms with Gasteiger partial charge in [-0.3, -0.25) is 9.59 Å². The molecular weight excluding hydrogens is 277 g/mol. The summed E-state index contributed by atoms with van der Waals surface area (Å²) in [6.45, 7) is 0. The van der Waals surface area contributed by atoms with Gasteiger partial charge >= 0.3 is 12.1 Å². The van der Waals surface area contributed by atoms with Crippen molar-refractivity contribution >= 4 is 23.6 Å². The SMILES string of the molecule is O=C(O)C=Cc1ccc(C(=O)CC(=O)C(F)(F)F)cc1. The van der Waals surface area contributed by atoms with Crippen molar-refractivity contribution in [2.45, 2.75) is 12.6 Å². The van der Waals surface area contributed by atoms with Crippen molar-refractivity contribution < 1.29 is 32.7 Å². The van der Waals surface area contributed by atoms with E-state index in [4.69, 9.17) is 5.11 Å². The second kappa shape index (κ2) is 6.14. The smallest absolute Gasteiger partial charge is 0.450 e. The average Bonchev–Trinajstić information content (AvgIpc) is 2.35. The van der Waals surface area contributed by atoms with E-state index in [1.165, 1.54) is 30.3 Å². The predicted octanol–water partition coefficient (Wildman–Crippen LogP) is 2.49. The number of aliphatic carboxylic acids is 1. The normalized spacial score (nSPS) is 11.6. The van der Waals surface area contributed by atoms with Gasteiger partial charge in [-0.2, -0.15) is 13.2 Å². The first-order valence-electron chi connectivity index (χ1n) is 5.34. The van der Waals surface area contributed by atoms with Crippen LogP contribution in [0, 0.1) is 0 Å². The van der Waals surface area contributed by atoms with Gasteiger partial charge in [-0.1, -0.05) is 24.3 Å². The van der Waals surface area contributed by atoms with Crippen LogP contribution in [-0.4, -0.2) is 28.8 Å². The summed E-state index contributed by atoms with van der Waals surface area (Å²) in [6.07, 6.45) is -4.13. The van der Waals surface area contributed by atoms with E-state index in [1.807, 2.05) is 0 Å². The van der Waals surface area contributed by atoms with Crippen LogP contribution in [0.25, 0.3) is 6.08 Å². The number of hydrogen-bond acceptors (Lipinski definition) is 3. The van der Waals surface area contributed by atoms with Crippen LogP contribution in [0.5, 0.6) is 0 Å². The highest BCUT2D eigenvalue weighted by Gasteiger charge is 2.39. The van der Waals surface area contributed by atoms with Crippen LogP contribution in [0.1, 0.15) is 22.3 Å². The molecule has 20 heavy (non-hydrogen) atoms. The molecule has 0 saturated heterocycles. The molecule has 0 aromatic heterocycles. The molecule has 0 aliphatic carbocycles. The number of rotatable bonds is 5. The van der Waals surface area contributed by atoms with Crippen molar-refractivity contribution in [3.05, 3.63) is 41.5 Å². The number of carbonyl (C=O) groups is 3. The molecule has 0 bridgehead atoms. The Morgan fingerprint density at radius 3 is 2.10 bits per heavy atom. The van der Waals surface area contributed by atoms with Crippen molar-refractivity contribution in [2.75, 3.05) is 0 Å². The third kappa shape index (κ3) is 4.68. The molecule has 1 aromatic rings. The molecule has 0 aliphatic heterocycles. The Kier molecular flexibility index (Phi) is 4.79. The third-order valence-electron chi connectivity index (χ3n) is 2.29.